The Morgan fingerprint density at radius 1 is 1.05 bits per heavy atom. The van der Waals surface area contributed by atoms with Crippen LogP contribution in [0.5, 0.6) is 5.75 Å². The number of nitrogen functional groups attached to an aromatic ring is 1. The van der Waals surface area contributed by atoms with Crippen molar-refractivity contribution in [3.8, 4) is 5.75 Å². The van der Waals surface area contributed by atoms with E-state index in [0.717, 1.165) is 22.9 Å². The third kappa shape index (κ3) is 4.69. The molecule has 0 fully saturated rings. The molecule has 0 aromatic heterocycles. The highest BCUT2D eigenvalue weighted by atomic mass is 35.5. The fraction of sp³-hybridized carbons (Fsp3) is 0.200. The molecule has 4 heteroatoms. The van der Waals surface area contributed by atoms with Gasteiger partial charge in [0.1, 0.15) is 5.75 Å². The van der Waals surface area contributed by atoms with Crippen LogP contribution in [0.2, 0.25) is 5.02 Å². The predicted molar refractivity (Wildman–Crippen MR) is 83.1 cm³/mol. The Morgan fingerprint density at radius 2 is 1.79 bits per heavy atom. The van der Waals surface area contributed by atoms with Crippen LogP contribution < -0.4 is 10.5 Å². The molecule has 0 aliphatic heterocycles. The van der Waals surface area contributed by atoms with E-state index in [4.69, 9.17) is 22.1 Å². The third-order valence-corrected chi connectivity index (χ3v) is 3.90. The molecule has 0 saturated heterocycles. The van der Waals surface area contributed by atoms with Crippen molar-refractivity contribution >= 4 is 29.1 Å². The summed E-state index contributed by atoms with van der Waals surface area (Å²) in [5, 5.41) is 0.771. The minimum Gasteiger partial charge on any atom is -0.491 e. The van der Waals surface area contributed by atoms with E-state index >= 15 is 0 Å². The summed E-state index contributed by atoms with van der Waals surface area (Å²) in [5.74, 6) is 1.77. The quantitative estimate of drug-likeness (QED) is 0.484. The first-order valence-electron chi connectivity index (χ1n) is 6.11. The molecule has 0 aliphatic rings. The van der Waals surface area contributed by atoms with Crippen molar-refractivity contribution in [2.24, 2.45) is 0 Å². The number of hydrogen-bond acceptors (Lipinski definition) is 3. The van der Waals surface area contributed by atoms with Crippen LogP contribution in [0.25, 0.3) is 0 Å². The largest absolute Gasteiger partial charge is 0.491 e. The monoisotopic (exact) mass is 293 g/mol. The third-order valence-electron chi connectivity index (χ3n) is 2.55. The topological polar surface area (TPSA) is 35.2 Å². The van der Waals surface area contributed by atoms with Gasteiger partial charge in [-0.15, -0.1) is 11.8 Å². The summed E-state index contributed by atoms with van der Waals surface area (Å²) in [5.41, 5.74) is 6.49. The second kappa shape index (κ2) is 7.31. The number of hydrogen-bond donors (Lipinski definition) is 1. The van der Waals surface area contributed by atoms with Gasteiger partial charge in [0, 0.05) is 15.7 Å². The van der Waals surface area contributed by atoms with Gasteiger partial charge in [-0.3, -0.25) is 0 Å². The maximum absolute atomic E-state index is 5.84. The van der Waals surface area contributed by atoms with E-state index in [1.54, 1.807) is 11.8 Å². The van der Waals surface area contributed by atoms with Crippen molar-refractivity contribution in [3.05, 3.63) is 53.6 Å². The Balaban J connectivity index is 1.67. The van der Waals surface area contributed by atoms with E-state index < -0.39 is 0 Å². The van der Waals surface area contributed by atoms with E-state index in [-0.39, 0.29) is 0 Å². The van der Waals surface area contributed by atoms with E-state index in [2.05, 4.69) is 0 Å². The summed E-state index contributed by atoms with van der Waals surface area (Å²) >= 11 is 7.64. The van der Waals surface area contributed by atoms with E-state index in [0.29, 0.717) is 12.3 Å². The molecule has 2 aromatic carbocycles. The second-order valence-corrected chi connectivity index (χ2v) is 5.65. The molecule has 2 rings (SSSR count). The Bertz CT molecular complexity index is 516. The summed E-state index contributed by atoms with van der Waals surface area (Å²) in [7, 11) is 0. The summed E-state index contributed by atoms with van der Waals surface area (Å²) < 4.78 is 5.63. The highest BCUT2D eigenvalue weighted by Crippen LogP contribution is 2.22. The predicted octanol–water partition coefficient (Wildman–Crippen LogP) is 4.48. The minimum absolute atomic E-state index is 0.675. The van der Waals surface area contributed by atoms with Gasteiger partial charge in [-0.1, -0.05) is 23.7 Å². The van der Waals surface area contributed by atoms with Crippen molar-refractivity contribution in [3.63, 3.8) is 0 Å². The van der Waals surface area contributed by atoms with Crippen LogP contribution >= 0.6 is 23.4 Å². The number of benzene rings is 2. The first kappa shape index (κ1) is 14.1. The summed E-state index contributed by atoms with van der Waals surface area (Å²) in [6.45, 7) is 0.675. The highest BCUT2D eigenvalue weighted by Gasteiger charge is 1.99. The molecule has 2 nitrogen and oxygen atoms in total. The van der Waals surface area contributed by atoms with Crippen LogP contribution in [-0.2, 0) is 0 Å². The van der Waals surface area contributed by atoms with Crippen molar-refractivity contribution in [1.82, 2.24) is 0 Å². The van der Waals surface area contributed by atoms with Crippen LogP contribution in [0.3, 0.4) is 0 Å². The molecule has 2 N–H and O–H groups in total. The molecule has 0 saturated carbocycles. The number of para-hydroxylation sites is 2. The minimum atomic E-state index is 0.675. The summed E-state index contributed by atoms with van der Waals surface area (Å²) in [6, 6.07) is 15.4. The van der Waals surface area contributed by atoms with E-state index in [1.807, 2.05) is 48.5 Å². The number of thioether (sulfide) groups is 1. The lowest BCUT2D eigenvalue weighted by molar-refractivity contribution is 0.320. The van der Waals surface area contributed by atoms with Crippen LogP contribution in [0.4, 0.5) is 5.69 Å². The molecule has 0 radical (unpaired) electrons. The van der Waals surface area contributed by atoms with Gasteiger partial charge in [0.25, 0.3) is 0 Å². The van der Waals surface area contributed by atoms with Crippen LogP contribution in [0.15, 0.2) is 53.4 Å². The average Bonchev–Trinajstić information content (AvgIpc) is 2.42. The van der Waals surface area contributed by atoms with Crippen LogP contribution in [0, 0.1) is 0 Å². The molecule has 0 amide bonds. The normalized spacial score (nSPS) is 10.4. The average molecular weight is 294 g/mol. The van der Waals surface area contributed by atoms with Gasteiger partial charge in [0.15, 0.2) is 0 Å². The molecule has 0 atom stereocenters. The fourth-order valence-corrected chi connectivity index (χ4v) is 2.53. The van der Waals surface area contributed by atoms with E-state index in [1.165, 1.54) is 4.90 Å². The maximum atomic E-state index is 5.84. The zero-order valence-corrected chi connectivity index (χ0v) is 12.1. The first-order valence-corrected chi connectivity index (χ1v) is 7.48. The van der Waals surface area contributed by atoms with Gasteiger partial charge in [0.2, 0.25) is 0 Å². The molecule has 0 spiro atoms. The molecule has 0 aliphatic carbocycles. The lowest BCUT2D eigenvalue weighted by Gasteiger charge is -2.08. The van der Waals surface area contributed by atoms with Gasteiger partial charge in [-0.05, 0) is 42.8 Å². The molecule has 0 bridgehead atoms. The summed E-state index contributed by atoms with van der Waals surface area (Å²) in [6.07, 6.45) is 0.974. The second-order valence-electron chi connectivity index (χ2n) is 4.04. The van der Waals surface area contributed by atoms with Gasteiger partial charge in [-0.25, -0.2) is 0 Å². The number of nitrogens with two attached hydrogens (primary N) is 1. The zero-order chi connectivity index (χ0) is 13.5. The van der Waals surface area contributed by atoms with Gasteiger partial charge >= 0.3 is 0 Å². The van der Waals surface area contributed by atoms with Gasteiger partial charge < -0.3 is 10.5 Å². The molecule has 0 unspecified atom stereocenters. The molecular formula is C15H16ClNOS. The number of anilines is 1. The molecule has 19 heavy (non-hydrogen) atoms. The number of halogens is 1. The molecule has 100 valence electrons. The lowest BCUT2D eigenvalue weighted by atomic mass is 10.3. The van der Waals surface area contributed by atoms with Crippen molar-refractivity contribution in [2.45, 2.75) is 11.3 Å². The zero-order valence-electron chi connectivity index (χ0n) is 10.5. The number of ether oxygens (including phenoxy) is 1. The van der Waals surface area contributed by atoms with Crippen LogP contribution in [-0.4, -0.2) is 12.4 Å². The molecule has 0 heterocycles. The van der Waals surface area contributed by atoms with Gasteiger partial charge in [-0.2, -0.15) is 0 Å². The van der Waals surface area contributed by atoms with Crippen molar-refractivity contribution < 1.29 is 4.74 Å². The van der Waals surface area contributed by atoms with Crippen molar-refractivity contribution in [2.75, 3.05) is 18.1 Å². The standard InChI is InChI=1S/C15H16ClNOS/c16-12-6-8-13(9-7-12)19-11-3-10-18-15-5-2-1-4-14(15)17/h1-2,4-9H,3,10-11,17H2. The lowest BCUT2D eigenvalue weighted by Crippen LogP contribution is -2.01. The summed E-state index contributed by atoms with van der Waals surface area (Å²) in [4.78, 5) is 1.23. The fourth-order valence-electron chi connectivity index (χ4n) is 1.57. The van der Waals surface area contributed by atoms with Crippen molar-refractivity contribution in [1.29, 1.82) is 0 Å². The van der Waals surface area contributed by atoms with Crippen LogP contribution in [0.1, 0.15) is 6.42 Å². The highest BCUT2D eigenvalue weighted by molar-refractivity contribution is 7.99. The molecular weight excluding hydrogens is 278 g/mol. The Labute approximate surface area is 122 Å². The SMILES string of the molecule is Nc1ccccc1OCCCSc1ccc(Cl)cc1. The van der Waals surface area contributed by atoms with Gasteiger partial charge in [0.05, 0.1) is 12.3 Å². The Hall–Kier alpha value is -1.32. The Kier molecular flexibility index (Phi) is 5.43. The number of rotatable bonds is 6. The smallest absolute Gasteiger partial charge is 0.142 e. The maximum Gasteiger partial charge on any atom is 0.142 e. The first-order chi connectivity index (χ1) is 9.25. The molecule has 2 aromatic rings. The Morgan fingerprint density at radius 3 is 2.53 bits per heavy atom. The van der Waals surface area contributed by atoms with E-state index in [9.17, 15) is 0 Å².